The van der Waals surface area contributed by atoms with Crippen LogP contribution < -0.4 is 9.46 Å². The van der Waals surface area contributed by atoms with Crippen LogP contribution in [0.5, 0.6) is 5.75 Å². The summed E-state index contributed by atoms with van der Waals surface area (Å²) < 4.78 is 34.7. The molecule has 0 aliphatic carbocycles. The van der Waals surface area contributed by atoms with E-state index in [1.165, 1.54) is 36.4 Å². The molecular weight excluding hydrogens is 570 g/mol. The van der Waals surface area contributed by atoms with E-state index in [4.69, 9.17) is 16.3 Å². The number of methoxy groups -OCH3 is 1. The molecule has 1 aliphatic heterocycles. The quantitative estimate of drug-likeness (QED) is 0.271. The van der Waals surface area contributed by atoms with Crippen LogP contribution in [0.3, 0.4) is 0 Å². The van der Waals surface area contributed by atoms with Crippen molar-refractivity contribution in [2.45, 2.75) is 23.4 Å². The van der Waals surface area contributed by atoms with Crippen molar-refractivity contribution >= 4 is 27.5 Å². The van der Waals surface area contributed by atoms with Crippen LogP contribution in [-0.4, -0.2) is 63.5 Å². The highest BCUT2D eigenvalue weighted by atomic mass is 35.5. The SMILES string of the molecule is COc1ccc(S(=O)(=O)N[C@H](Cc2ccccc2)C(=O)N2CCN(C(c3ccccc3)c3ccccc3)CC2)cc1Cl. The Balaban J connectivity index is 1.35. The Morgan fingerprint density at radius 1 is 0.833 bits per heavy atom. The minimum Gasteiger partial charge on any atom is -0.495 e. The van der Waals surface area contributed by atoms with Crippen molar-refractivity contribution in [1.82, 2.24) is 14.5 Å². The first-order chi connectivity index (χ1) is 20.4. The lowest BCUT2D eigenvalue weighted by Gasteiger charge is -2.40. The average Bonchev–Trinajstić information content (AvgIpc) is 3.02. The van der Waals surface area contributed by atoms with Crippen molar-refractivity contribution in [3.63, 3.8) is 0 Å². The fourth-order valence-corrected chi connectivity index (χ4v) is 6.94. The summed E-state index contributed by atoms with van der Waals surface area (Å²) in [4.78, 5) is 18.0. The number of amides is 1. The summed E-state index contributed by atoms with van der Waals surface area (Å²) in [5.41, 5.74) is 3.24. The second-order valence-electron chi connectivity index (χ2n) is 10.2. The highest BCUT2D eigenvalue weighted by Crippen LogP contribution is 2.30. The molecule has 1 aliphatic rings. The van der Waals surface area contributed by atoms with Crippen LogP contribution in [0.4, 0.5) is 0 Å². The van der Waals surface area contributed by atoms with Gasteiger partial charge in [0.2, 0.25) is 15.9 Å². The van der Waals surface area contributed by atoms with Crippen LogP contribution in [0.15, 0.2) is 114 Å². The molecule has 7 nitrogen and oxygen atoms in total. The molecule has 9 heteroatoms. The van der Waals surface area contributed by atoms with Gasteiger partial charge in [-0.05, 0) is 41.3 Å². The summed E-state index contributed by atoms with van der Waals surface area (Å²) in [6.45, 7) is 2.27. The van der Waals surface area contributed by atoms with E-state index in [0.29, 0.717) is 31.9 Å². The second-order valence-corrected chi connectivity index (χ2v) is 12.4. The van der Waals surface area contributed by atoms with Crippen LogP contribution in [-0.2, 0) is 21.2 Å². The predicted octanol–water partition coefficient (Wildman–Crippen LogP) is 5.17. The number of benzene rings is 4. The number of carbonyl (C=O) groups excluding carboxylic acids is 1. The first kappa shape index (κ1) is 29.8. The van der Waals surface area contributed by atoms with Gasteiger partial charge in [-0.1, -0.05) is 103 Å². The van der Waals surface area contributed by atoms with Gasteiger partial charge in [0.15, 0.2) is 0 Å². The summed E-state index contributed by atoms with van der Waals surface area (Å²) in [6, 6.07) is 33.5. The first-order valence-electron chi connectivity index (χ1n) is 13.9. The van der Waals surface area contributed by atoms with Crippen LogP contribution in [0.25, 0.3) is 0 Å². The smallest absolute Gasteiger partial charge is 0.241 e. The normalized spacial score (nSPS) is 15.0. The lowest BCUT2D eigenvalue weighted by atomic mass is 9.96. The molecule has 1 N–H and O–H groups in total. The van der Waals surface area contributed by atoms with E-state index in [1.54, 1.807) is 4.90 Å². The van der Waals surface area contributed by atoms with E-state index in [-0.39, 0.29) is 28.3 Å². The van der Waals surface area contributed by atoms with Crippen molar-refractivity contribution in [1.29, 1.82) is 0 Å². The van der Waals surface area contributed by atoms with Gasteiger partial charge in [0, 0.05) is 26.2 Å². The largest absolute Gasteiger partial charge is 0.495 e. The van der Waals surface area contributed by atoms with Crippen LogP contribution in [0.1, 0.15) is 22.7 Å². The molecule has 42 heavy (non-hydrogen) atoms. The lowest BCUT2D eigenvalue weighted by Crippen LogP contribution is -2.56. The number of sulfonamides is 1. The van der Waals surface area contributed by atoms with Gasteiger partial charge in [0.1, 0.15) is 11.8 Å². The number of halogens is 1. The number of piperazine rings is 1. The van der Waals surface area contributed by atoms with E-state index in [9.17, 15) is 13.2 Å². The fraction of sp³-hybridized carbons (Fsp3) is 0.242. The summed E-state index contributed by atoms with van der Waals surface area (Å²) in [7, 11) is -2.59. The van der Waals surface area contributed by atoms with Crippen molar-refractivity contribution in [2.24, 2.45) is 0 Å². The Labute approximate surface area is 252 Å². The molecule has 1 heterocycles. The molecule has 1 saturated heterocycles. The number of nitrogens with one attached hydrogen (secondary N) is 1. The molecule has 1 atom stereocenters. The highest BCUT2D eigenvalue weighted by molar-refractivity contribution is 7.89. The third-order valence-corrected chi connectivity index (χ3v) is 9.30. The van der Waals surface area contributed by atoms with Gasteiger partial charge in [-0.25, -0.2) is 8.42 Å². The van der Waals surface area contributed by atoms with Crippen LogP contribution >= 0.6 is 11.6 Å². The Morgan fingerprint density at radius 3 is 1.90 bits per heavy atom. The van der Waals surface area contributed by atoms with Gasteiger partial charge >= 0.3 is 0 Å². The number of hydrogen-bond acceptors (Lipinski definition) is 5. The molecule has 1 fully saturated rings. The van der Waals surface area contributed by atoms with Gasteiger partial charge in [-0.2, -0.15) is 4.72 Å². The van der Waals surface area contributed by atoms with Crippen LogP contribution in [0.2, 0.25) is 5.02 Å². The summed E-state index contributed by atoms with van der Waals surface area (Å²) in [5, 5.41) is 0.175. The van der Waals surface area contributed by atoms with E-state index in [2.05, 4.69) is 33.9 Å². The molecule has 0 bridgehead atoms. The third kappa shape index (κ3) is 7.02. The topological polar surface area (TPSA) is 78.9 Å². The maximum atomic E-state index is 13.9. The molecule has 4 aromatic carbocycles. The first-order valence-corrected chi connectivity index (χ1v) is 15.7. The van der Waals surface area contributed by atoms with Gasteiger partial charge < -0.3 is 9.64 Å². The molecule has 0 spiro atoms. The minimum absolute atomic E-state index is 0.0301. The molecule has 218 valence electrons. The molecule has 1 amide bonds. The fourth-order valence-electron chi connectivity index (χ4n) is 5.40. The zero-order chi connectivity index (χ0) is 29.5. The Kier molecular flexibility index (Phi) is 9.59. The van der Waals surface area contributed by atoms with Gasteiger partial charge in [-0.15, -0.1) is 0 Å². The van der Waals surface area contributed by atoms with Crippen molar-refractivity contribution < 1.29 is 17.9 Å². The second kappa shape index (κ2) is 13.5. The number of rotatable bonds is 10. The number of hydrogen-bond donors (Lipinski definition) is 1. The van der Waals surface area contributed by atoms with E-state index in [1.807, 2.05) is 66.7 Å². The molecule has 0 saturated carbocycles. The third-order valence-electron chi connectivity index (χ3n) is 7.53. The van der Waals surface area contributed by atoms with Crippen molar-refractivity contribution in [3.05, 3.63) is 131 Å². The lowest BCUT2D eigenvalue weighted by molar-refractivity contribution is -0.135. The molecule has 0 aromatic heterocycles. The monoisotopic (exact) mass is 603 g/mol. The predicted molar refractivity (Wildman–Crippen MR) is 165 cm³/mol. The molecule has 4 aromatic rings. The van der Waals surface area contributed by atoms with Gasteiger partial charge in [0.25, 0.3) is 0 Å². The zero-order valence-electron chi connectivity index (χ0n) is 23.4. The van der Waals surface area contributed by atoms with Gasteiger partial charge in [-0.3, -0.25) is 9.69 Å². The maximum Gasteiger partial charge on any atom is 0.241 e. The summed E-state index contributed by atoms with van der Waals surface area (Å²) >= 11 is 6.22. The standard InChI is InChI=1S/C33H34ClN3O4S/c1-41-31-18-17-28(24-29(31)34)42(39,40)35-30(23-25-11-5-2-6-12-25)33(38)37-21-19-36(20-22-37)32(26-13-7-3-8-14-26)27-15-9-4-10-16-27/h2-18,24,30,32,35H,19-23H2,1H3/t30-/m1/s1. The average molecular weight is 604 g/mol. The molecule has 5 rings (SSSR count). The minimum atomic E-state index is -4.05. The van der Waals surface area contributed by atoms with Crippen molar-refractivity contribution in [3.8, 4) is 5.75 Å². The molecule has 0 unspecified atom stereocenters. The maximum absolute atomic E-state index is 13.9. The number of ether oxygens (including phenoxy) is 1. The number of nitrogens with zero attached hydrogens (tertiary/aromatic N) is 2. The summed E-state index contributed by atoms with van der Waals surface area (Å²) in [6.07, 6.45) is 0.222. The number of carbonyl (C=O) groups is 1. The van der Waals surface area contributed by atoms with Gasteiger partial charge in [0.05, 0.1) is 23.1 Å². The molecule has 0 radical (unpaired) electrons. The summed E-state index contributed by atoms with van der Waals surface area (Å²) in [5.74, 6) is 0.118. The Bertz CT molecular complexity index is 1540. The van der Waals surface area contributed by atoms with Crippen molar-refractivity contribution in [2.75, 3.05) is 33.3 Å². The molecular formula is C33H34ClN3O4S. The zero-order valence-corrected chi connectivity index (χ0v) is 25.0. The van der Waals surface area contributed by atoms with E-state index >= 15 is 0 Å². The Hall–Kier alpha value is -3.69. The highest BCUT2D eigenvalue weighted by Gasteiger charge is 2.33. The van der Waals surface area contributed by atoms with E-state index < -0.39 is 16.1 Å². The van der Waals surface area contributed by atoms with Crippen LogP contribution in [0, 0.1) is 0 Å². The Morgan fingerprint density at radius 2 is 1.38 bits per heavy atom. The van der Waals surface area contributed by atoms with E-state index in [0.717, 1.165) is 5.56 Å².